The molecule has 0 heterocycles. The van der Waals surface area contributed by atoms with Gasteiger partial charge < -0.3 is 9.84 Å². The molecule has 2 aliphatic carbocycles. The van der Waals surface area contributed by atoms with Gasteiger partial charge in [-0.25, -0.2) is 0 Å². The highest BCUT2D eigenvalue weighted by Crippen LogP contribution is 2.52. The van der Waals surface area contributed by atoms with E-state index >= 15 is 0 Å². The fraction of sp³-hybridized carbons (Fsp3) is 0.923. The first kappa shape index (κ1) is 11.9. The zero-order valence-electron chi connectivity index (χ0n) is 10.0. The molecule has 0 amide bonds. The molecule has 3 heteroatoms. The molecule has 3 nitrogen and oxygen atoms in total. The minimum absolute atomic E-state index is 0.275. The SMILES string of the molecule is COC1CCC(O)(C2(C#N)CCCC2)CC1. The van der Waals surface area contributed by atoms with Crippen molar-refractivity contribution in [3.8, 4) is 6.07 Å². The molecule has 0 spiro atoms. The van der Waals surface area contributed by atoms with Crippen molar-refractivity contribution >= 4 is 0 Å². The van der Waals surface area contributed by atoms with Crippen LogP contribution in [0.25, 0.3) is 0 Å². The number of nitriles is 1. The highest BCUT2D eigenvalue weighted by Gasteiger charge is 2.53. The average molecular weight is 223 g/mol. The van der Waals surface area contributed by atoms with Crippen molar-refractivity contribution in [3.63, 3.8) is 0 Å². The zero-order chi connectivity index (χ0) is 11.6. The van der Waals surface area contributed by atoms with Gasteiger partial charge in [-0.15, -0.1) is 0 Å². The maximum Gasteiger partial charge on any atom is 0.0860 e. The third-order valence-corrected chi connectivity index (χ3v) is 4.66. The topological polar surface area (TPSA) is 53.2 Å². The number of nitrogens with zero attached hydrogens (tertiary/aromatic N) is 1. The molecular weight excluding hydrogens is 202 g/mol. The lowest BCUT2D eigenvalue weighted by atomic mass is 9.64. The summed E-state index contributed by atoms with van der Waals surface area (Å²) in [6, 6.07) is 2.43. The first-order valence-corrected chi connectivity index (χ1v) is 6.32. The molecule has 90 valence electrons. The zero-order valence-corrected chi connectivity index (χ0v) is 10.0. The maximum absolute atomic E-state index is 10.8. The normalized spacial score (nSPS) is 38.2. The van der Waals surface area contributed by atoms with Crippen LogP contribution in [0.2, 0.25) is 0 Å². The van der Waals surface area contributed by atoms with E-state index in [1.54, 1.807) is 7.11 Å². The van der Waals surface area contributed by atoms with Crippen LogP contribution < -0.4 is 0 Å². The van der Waals surface area contributed by atoms with Crippen LogP contribution in [-0.4, -0.2) is 23.9 Å². The Bertz CT molecular complexity index is 281. The quantitative estimate of drug-likeness (QED) is 0.782. The van der Waals surface area contributed by atoms with Crippen LogP contribution in [0.4, 0.5) is 0 Å². The van der Waals surface area contributed by atoms with Gasteiger partial charge in [0.25, 0.3) is 0 Å². The van der Waals surface area contributed by atoms with Gasteiger partial charge in [-0.2, -0.15) is 5.26 Å². The van der Waals surface area contributed by atoms with Gasteiger partial charge in [-0.05, 0) is 38.5 Å². The summed E-state index contributed by atoms with van der Waals surface area (Å²) >= 11 is 0. The van der Waals surface area contributed by atoms with Gasteiger partial charge in [-0.1, -0.05) is 12.8 Å². The Morgan fingerprint density at radius 2 is 1.75 bits per heavy atom. The van der Waals surface area contributed by atoms with Crippen molar-refractivity contribution < 1.29 is 9.84 Å². The molecule has 16 heavy (non-hydrogen) atoms. The Morgan fingerprint density at radius 3 is 2.19 bits per heavy atom. The molecule has 0 aromatic heterocycles. The van der Waals surface area contributed by atoms with E-state index in [9.17, 15) is 10.4 Å². The van der Waals surface area contributed by atoms with E-state index in [-0.39, 0.29) is 6.10 Å². The molecule has 2 rings (SSSR count). The summed E-state index contributed by atoms with van der Waals surface area (Å²) in [4.78, 5) is 0. The van der Waals surface area contributed by atoms with Gasteiger partial charge in [0.1, 0.15) is 0 Å². The smallest absolute Gasteiger partial charge is 0.0860 e. The Hall–Kier alpha value is -0.590. The van der Waals surface area contributed by atoms with E-state index in [1.165, 1.54) is 0 Å². The van der Waals surface area contributed by atoms with Gasteiger partial charge in [0.05, 0.1) is 23.2 Å². The van der Waals surface area contributed by atoms with Crippen molar-refractivity contribution in [3.05, 3.63) is 0 Å². The Kier molecular flexibility index (Phi) is 3.23. The molecule has 2 aliphatic rings. The lowest BCUT2D eigenvalue weighted by Crippen LogP contribution is -2.49. The summed E-state index contributed by atoms with van der Waals surface area (Å²) < 4.78 is 5.32. The van der Waals surface area contributed by atoms with E-state index in [0.29, 0.717) is 0 Å². The Labute approximate surface area is 97.4 Å². The largest absolute Gasteiger partial charge is 0.388 e. The van der Waals surface area contributed by atoms with Crippen LogP contribution in [0.5, 0.6) is 0 Å². The van der Waals surface area contributed by atoms with Crippen LogP contribution in [-0.2, 0) is 4.74 Å². The molecule has 2 fully saturated rings. The van der Waals surface area contributed by atoms with Gasteiger partial charge in [0.2, 0.25) is 0 Å². The summed E-state index contributed by atoms with van der Waals surface area (Å²) in [6.07, 6.45) is 7.41. The van der Waals surface area contributed by atoms with Crippen molar-refractivity contribution in [2.45, 2.75) is 63.1 Å². The van der Waals surface area contributed by atoms with E-state index < -0.39 is 11.0 Å². The van der Waals surface area contributed by atoms with E-state index in [0.717, 1.165) is 51.4 Å². The predicted octanol–water partition coefficient (Wildman–Crippen LogP) is 2.39. The monoisotopic (exact) mass is 223 g/mol. The summed E-state index contributed by atoms with van der Waals surface area (Å²) in [5.74, 6) is 0. The lowest BCUT2D eigenvalue weighted by Gasteiger charge is -2.44. The molecule has 0 bridgehead atoms. The molecule has 0 aromatic carbocycles. The number of aliphatic hydroxyl groups is 1. The van der Waals surface area contributed by atoms with E-state index in [2.05, 4.69) is 6.07 Å². The standard InChI is InChI=1S/C13H21NO2/c1-16-11-4-8-13(15,9-5-11)12(10-14)6-2-3-7-12/h11,15H,2-9H2,1H3. The average Bonchev–Trinajstić information content (AvgIpc) is 2.80. The third kappa shape index (κ3) is 1.74. The van der Waals surface area contributed by atoms with Crippen LogP contribution in [0.3, 0.4) is 0 Å². The van der Waals surface area contributed by atoms with Gasteiger partial charge in [0, 0.05) is 7.11 Å². The second-order valence-electron chi connectivity index (χ2n) is 5.37. The van der Waals surface area contributed by atoms with E-state index in [1.807, 2.05) is 0 Å². The number of rotatable bonds is 2. The van der Waals surface area contributed by atoms with Crippen LogP contribution in [0.1, 0.15) is 51.4 Å². The molecule has 1 N–H and O–H groups in total. The van der Waals surface area contributed by atoms with E-state index in [4.69, 9.17) is 4.74 Å². The molecule has 0 aliphatic heterocycles. The molecule has 0 aromatic rings. The molecule has 0 unspecified atom stereocenters. The van der Waals surface area contributed by atoms with Gasteiger partial charge in [-0.3, -0.25) is 0 Å². The van der Waals surface area contributed by atoms with Crippen LogP contribution in [0.15, 0.2) is 0 Å². The predicted molar refractivity (Wildman–Crippen MR) is 60.7 cm³/mol. The van der Waals surface area contributed by atoms with Crippen LogP contribution >= 0.6 is 0 Å². The number of methoxy groups -OCH3 is 1. The van der Waals surface area contributed by atoms with Gasteiger partial charge >= 0.3 is 0 Å². The summed E-state index contributed by atoms with van der Waals surface area (Å²) in [7, 11) is 1.73. The van der Waals surface area contributed by atoms with Crippen molar-refractivity contribution in [2.75, 3.05) is 7.11 Å². The first-order chi connectivity index (χ1) is 7.66. The molecule has 0 saturated heterocycles. The second-order valence-corrected chi connectivity index (χ2v) is 5.37. The summed E-state index contributed by atoms with van der Waals surface area (Å²) in [5.41, 5.74) is -1.22. The number of hydrogen-bond acceptors (Lipinski definition) is 3. The molecule has 0 atom stereocenters. The maximum atomic E-state index is 10.8. The number of ether oxygens (including phenoxy) is 1. The number of hydrogen-bond donors (Lipinski definition) is 1. The summed E-state index contributed by atoms with van der Waals surface area (Å²) in [5, 5.41) is 20.2. The van der Waals surface area contributed by atoms with Gasteiger partial charge in [0.15, 0.2) is 0 Å². The fourth-order valence-corrected chi connectivity index (χ4v) is 3.44. The van der Waals surface area contributed by atoms with Crippen molar-refractivity contribution in [1.29, 1.82) is 5.26 Å². The minimum atomic E-state index is -0.757. The highest BCUT2D eigenvalue weighted by molar-refractivity contribution is 5.14. The molecule has 2 saturated carbocycles. The Balaban J connectivity index is 2.11. The first-order valence-electron chi connectivity index (χ1n) is 6.32. The second kappa shape index (κ2) is 4.35. The lowest BCUT2D eigenvalue weighted by molar-refractivity contribution is -0.105. The minimum Gasteiger partial charge on any atom is -0.388 e. The van der Waals surface area contributed by atoms with Crippen molar-refractivity contribution in [2.24, 2.45) is 5.41 Å². The summed E-state index contributed by atoms with van der Waals surface area (Å²) in [6.45, 7) is 0. The highest BCUT2D eigenvalue weighted by atomic mass is 16.5. The third-order valence-electron chi connectivity index (χ3n) is 4.66. The fourth-order valence-electron chi connectivity index (χ4n) is 3.44. The molecular formula is C13H21NO2. The Morgan fingerprint density at radius 1 is 1.19 bits per heavy atom. The molecule has 0 radical (unpaired) electrons. The van der Waals surface area contributed by atoms with Crippen LogP contribution in [0, 0.1) is 16.7 Å². The van der Waals surface area contributed by atoms with Crippen molar-refractivity contribution in [1.82, 2.24) is 0 Å².